The predicted molar refractivity (Wildman–Crippen MR) is 85.4 cm³/mol. The first-order valence-corrected chi connectivity index (χ1v) is 8.34. The normalized spacial score (nSPS) is 22.6. The second-order valence-corrected chi connectivity index (χ2v) is 7.49. The van der Waals surface area contributed by atoms with Crippen molar-refractivity contribution in [3.8, 4) is 0 Å². The number of rotatable bonds is 3. The number of thioether (sulfide) groups is 1. The van der Waals surface area contributed by atoms with E-state index in [9.17, 15) is 4.39 Å². The molecule has 2 aliphatic rings. The van der Waals surface area contributed by atoms with Gasteiger partial charge in [-0.2, -0.15) is 0 Å². The summed E-state index contributed by atoms with van der Waals surface area (Å²) >= 11 is 1.99. The Bertz CT molecular complexity index is 641. The molecule has 0 spiro atoms. The van der Waals surface area contributed by atoms with Crippen molar-refractivity contribution in [3.05, 3.63) is 65.5 Å². The first-order chi connectivity index (χ1) is 10.3. The summed E-state index contributed by atoms with van der Waals surface area (Å²) in [5.74, 6) is -0.124. The summed E-state index contributed by atoms with van der Waals surface area (Å²) in [6, 6.07) is 15.8. The molecule has 2 heterocycles. The highest BCUT2D eigenvalue weighted by Crippen LogP contribution is 2.44. The van der Waals surface area contributed by atoms with Crippen LogP contribution in [0.3, 0.4) is 0 Å². The Morgan fingerprint density at radius 1 is 1.14 bits per heavy atom. The van der Waals surface area contributed by atoms with Gasteiger partial charge in [-0.25, -0.2) is 4.39 Å². The van der Waals surface area contributed by atoms with Gasteiger partial charge >= 0.3 is 0 Å². The standard InChI is InChI=1S/C18H18FNS/c19-15-6-3-5-14(9-15)18(11-20-12-18)10-16-8-13-4-1-2-7-17(13)21-16/h1-7,9,16,20H,8,10-12H2. The third-order valence-corrected chi connectivity index (χ3v) is 6.01. The van der Waals surface area contributed by atoms with Crippen LogP contribution in [0.25, 0.3) is 0 Å². The maximum atomic E-state index is 13.6. The zero-order chi connectivity index (χ0) is 14.3. The Morgan fingerprint density at radius 3 is 2.71 bits per heavy atom. The number of hydrogen-bond donors (Lipinski definition) is 1. The molecule has 1 saturated heterocycles. The molecular formula is C18H18FNS. The van der Waals surface area contributed by atoms with Crippen molar-refractivity contribution in [1.29, 1.82) is 0 Å². The monoisotopic (exact) mass is 299 g/mol. The summed E-state index contributed by atoms with van der Waals surface area (Å²) in [6.07, 6.45) is 2.25. The number of hydrogen-bond acceptors (Lipinski definition) is 2. The van der Waals surface area contributed by atoms with Gasteiger partial charge in [0.2, 0.25) is 0 Å². The van der Waals surface area contributed by atoms with Gasteiger partial charge in [0.1, 0.15) is 5.82 Å². The molecular weight excluding hydrogens is 281 g/mol. The average Bonchev–Trinajstić information content (AvgIpc) is 2.85. The Labute approximate surface area is 129 Å². The van der Waals surface area contributed by atoms with Gasteiger partial charge in [-0.15, -0.1) is 11.8 Å². The molecule has 108 valence electrons. The van der Waals surface area contributed by atoms with E-state index in [0.29, 0.717) is 5.25 Å². The molecule has 1 N–H and O–H groups in total. The number of fused-ring (bicyclic) bond motifs is 1. The Morgan fingerprint density at radius 2 is 2.00 bits per heavy atom. The second-order valence-electron chi connectivity index (χ2n) is 6.15. The van der Waals surface area contributed by atoms with Crippen LogP contribution in [-0.4, -0.2) is 18.3 Å². The lowest BCUT2D eigenvalue weighted by atomic mass is 9.71. The molecule has 3 heteroatoms. The van der Waals surface area contributed by atoms with Crippen LogP contribution in [0.5, 0.6) is 0 Å². The van der Waals surface area contributed by atoms with Crippen LogP contribution >= 0.6 is 11.8 Å². The van der Waals surface area contributed by atoms with Crippen molar-refractivity contribution in [2.45, 2.75) is 28.4 Å². The number of nitrogens with one attached hydrogen (secondary N) is 1. The van der Waals surface area contributed by atoms with E-state index >= 15 is 0 Å². The van der Waals surface area contributed by atoms with E-state index in [0.717, 1.165) is 31.5 Å². The lowest BCUT2D eigenvalue weighted by molar-refractivity contribution is 0.255. The maximum absolute atomic E-state index is 13.6. The van der Waals surface area contributed by atoms with Gasteiger partial charge in [0, 0.05) is 28.6 Å². The largest absolute Gasteiger partial charge is 0.315 e. The lowest BCUT2D eigenvalue weighted by Gasteiger charge is -2.44. The molecule has 1 fully saturated rings. The van der Waals surface area contributed by atoms with Gasteiger partial charge < -0.3 is 5.32 Å². The third kappa shape index (κ3) is 2.39. The van der Waals surface area contributed by atoms with Crippen molar-refractivity contribution < 1.29 is 4.39 Å². The molecule has 2 aliphatic heterocycles. The first kappa shape index (κ1) is 13.4. The van der Waals surface area contributed by atoms with Gasteiger partial charge in [0.05, 0.1) is 0 Å². The molecule has 21 heavy (non-hydrogen) atoms. The van der Waals surface area contributed by atoms with E-state index in [1.165, 1.54) is 16.5 Å². The molecule has 0 aromatic heterocycles. The first-order valence-electron chi connectivity index (χ1n) is 7.47. The highest BCUT2D eigenvalue weighted by Gasteiger charge is 2.42. The highest BCUT2D eigenvalue weighted by atomic mass is 32.2. The predicted octanol–water partition coefficient (Wildman–Crippen LogP) is 3.77. The lowest BCUT2D eigenvalue weighted by Crippen LogP contribution is -2.58. The van der Waals surface area contributed by atoms with Crippen LogP contribution in [0.15, 0.2) is 53.4 Å². The van der Waals surface area contributed by atoms with Crippen LogP contribution in [0.4, 0.5) is 4.39 Å². The van der Waals surface area contributed by atoms with E-state index in [2.05, 4.69) is 35.6 Å². The fourth-order valence-corrected chi connectivity index (χ4v) is 5.00. The van der Waals surface area contributed by atoms with Gasteiger partial charge in [-0.1, -0.05) is 30.3 Å². The summed E-state index contributed by atoms with van der Waals surface area (Å²) in [6.45, 7) is 1.92. The van der Waals surface area contributed by atoms with Crippen LogP contribution in [-0.2, 0) is 11.8 Å². The fourth-order valence-electron chi connectivity index (χ4n) is 3.52. The average molecular weight is 299 g/mol. The minimum Gasteiger partial charge on any atom is -0.315 e. The van der Waals surface area contributed by atoms with Gasteiger partial charge in [0.15, 0.2) is 0 Å². The number of benzene rings is 2. The van der Waals surface area contributed by atoms with Gasteiger partial charge in [0.25, 0.3) is 0 Å². The summed E-state index contributed by atoms with van der Waals surface area (Å²) < 4.78 is 13.6. The fraction of sp³-hybridized carbons (Fsp3) is 0.333. The van der Waals surface area contributed by atoms with Gasteiger partial charge in [-0.05, 0) is 42.2 Å². The summed E-state index contributed by atoms with van der Waals surface area (Å²) in [7, 11) is 0. The Hall–Kier alpha value is -1.32. The van der Waals surface area contributed by atoms with Crippen molar-refractivity contribution in [2.24, 2.45) is 0 Å². The Kier molecular flexibility index (Phi) is 3.27. The molecule has 0 bridgehead atoms. The molecule has 1 nitrogen and oxygen atoms in total. The molecule has 0 amide bonds. The van der Waals surface area contributed by atoms with Crippen LogP contribution in [0.1, 0.15) is 17.5 Å². The molecule has 2 aromatic rings. The van der Waals surface area contributed by atoms with Crippen LogP contribution in [0.2, 0.25) is 0 Å². The van der Waals surface area contributed by atoms with E-state index in [1.807, 2.05) is 17.8 Å². The van der Waals surface area contributed by atoms with E-state index in [-0.39, 0.29) is 11.2 Å². The minimum atomic E-state index is -0.124. The van der Waals surface area contributed by atoms with Crippen molar-refractivity contribution in [1.82, 2.24) is 5.32 Å². The molecule has 0 saturated carbocycles. The molecule has 0 radical (unpaired) electrons. The third-order valence-electron chi connectivity index (χ3n) is 4.70. The number of halogens is 1. The van der Waals surface area contributed by atoms with Crippen molar-refractivity contribution in [3.63, 3.8) is 0 Å². The maximum Gasteiger partial charge on any atom is 0.123 e. The van der Waals surface area contributed by atoms with Crippen LogP contribution in [0, 0.1) is 5.82 Å². The smallest absolute Gasteiger partial charge is 0.123 e. The topological polar surface area (TPSA) is 12.0 Å². The SMILES string of the molecule is Fc1cccc(C2(CC3Cc4ccccc4S3)CNC2)c1. The summed E-state index contributed by atoms with van der Waals surface area (Å²) in [5.41, 5.74) is 2.73. The molecule has 1 atom stereocenters. The van der Waals surface area contributed by atoms with E-state index in [4.69, 9.17) is 0 Å². The van der Waals surface area contributed by atoms with Crippen LogP contribution < -0.4 is 5.32 Å². The molecule has 4 rings (SSSR count). The zero-order valence-electron chi connectivity index (χ0n) is 11.8. The van der Waals surface area contributed by atoms with Gasteiger partial charge in [-0.3, -0.25) is 0 Å². The van der Waals surface area contributed by atoms with E-state index < -0.39 is 0 Å². The summed E-state index contributed by atoms with van der Waals surface area (Å²) in [5, 5.41) is 3.99. The zero-order valence-corrected chi connectivity index (χ0v) is 12.6. The summed E-state index contributed by atoms with van der Waals surface area (Å²) in [4.78, 5) is 1.42. The highest BCUT2D eigenvalue weighted by molar-refractivity contribution is 8.00. The Balaban J connectivity index is 1.56. The van der Waals surface area contributed by atoms with E-state index in [1.54, 1.807) is 6.07 Å². The van der Waals surface area contributed by atoms with Crippen molar-refractivity contribution >= 4 is 11.8 Å². The quantitative estimate of drug-likeness (QED) is 0.926. The molecule has 1 unspecified atom stereocenters. The minimum absolute atomic E-state index is 0.113. The molecule has 0 aliphatic carbocycles. The molecule has 2 aromatic carbocycles. The second kappa shape index (κ2) is 5.15. The van der Waals surface area contributed by atoms with Crippen molar-refractivity contribution in [2.75, 3.05) is 13.1 Å².